The van der Waals surface area contributed by atoms with Gasteiger partial charge in [-0.25, -0.2) is 0 Å². The van der Waals surface area contributed by atoms with Gasteiger partial charge in [0.1, 0.15) is 0 Å². The summed E-state index contributed by atoms with van der Waals surface area (Å²) in [5.41, 5.74) is 24.0. The molecule has 0 amide bonds. The van der Waals surface area contributed by atoms with Gasteiger partial charge in [0.25, 0.3) is 0 Å². The Morgan fingerprint density at radius 1 is 0.288 bits per heavy atom. The number of hydrogen-bond acceptors (Lipinski definition) is 0. The van der Waals surface area contributed by atoms with Gasteiger partial charge < -0.3 is 4.57 Å². The van der Waals surface area contributed by atoms with Crippen LogP contribution in [-0.2, 0) is 5.41 Å². The molecule has 66 heavy (non-hydrogen) atoms. The molecule has 0 unspecified atom stereocenters. The first kappa shape index (κ1) is 37.1. The van der Waals surface area contributed by atoms with Crippen LogP contribution in [0.2, 0.25) is 0 Å². The summed E-state index contributed by atoms with van der Waals surface area (Å²) in [5.74, 6) is 0. The molecule has 0 aliphatic heterocycles. The molecule has 0 spiro atoms. The quantitative estimate of drug-likeness (QED) is 0.156. The number of para-hydroxylation sites is 1. The van der Waals surface area contributed by atoms with E-state index >= 15 is 0 Å². The minimum Gasteiger partial charge on any atom is -0.309 e. The molecule has 0 atom stereocenters. The molecule has 0 N–H and O–H groups in total. The summed E-state index contributed by atoms with van der Waals surface area (Å²) in [6.45, 7) is 4.74. The van der Waals surface area contributed by atoms with Crippen molar-refractivity contribution in [2.24, 2.45) is 0 Å². The van der Waals surface area contributed by atoms with Crippen LogP contribution >= 0.6 is 0 Å². The summed E-state index contributed by atoms with van der Waals surface area (Å²) in [6, 6.07) is 84.0. The maximum absolute atomic E-state index is 2.49. The highest BCUT2D eigenvalue weighted by Crippen LogP contribution is 2.54. The van der Waals surface area contributed by atoms with Gasteiger partial charge in [-0.2, -0.15) is 0 Å². The summed E-state index contributed by atoms with van der Waals surface area (Å²) < 4.78 is 2.49. The number of hydrogen-bond donors (Lipinski definition) is 0. The summed E-state index contributed by atoms with van der Waals surface area (Å²) in [7, 11) is 0. The number of benzene rings is 11. The molecule has 11 aromatic carbocycles. The first-order valence-corrected chi connectivity index (χ1v) is 23.2. The van der Waals surface area contributed by atoms with Crippen LogP contribution in [0.3, 0.4) is 0 Å². The van der Waals surface area contributed by atoms with Crippen molar-refractivity contribution < 1.29 is 0 Å². The standard InChI is InChI=1S/C65H43N/c1-65(2)57-32-15-13-30-54(57)63-58(65)36-37-60-64(63)55-31-14-16-33-59(55)66(60)42-19-17-18-40(38-42)61-50-26-9-11-28-52(50)62(53-29-12-10-27-51(53)61)41-34-35-49-47-24-6-5-22-45(47)43-20-3-4-21-44(43)46-23-7-8-25-48(46)56(49)39-41/h3-39H,1-2H3. The average Bonchev–Trinajstić information content (AvgIpc) is 3.83. The Kier molecular flexibility index (Phi) is 7.81. The Labute approximate surface area is 384 Å². The molecule has 0 fully saturated rings. The third kappa shape index (κ3) is 5.11. The maximum atomic E-state index is 2.49. The van der Waals surface area contributed by atoms with E-state index in [9.17, 15) is 0 Å². The van der Waals surface area contributed by atoms with Crippen LogP contribution < -0.4 is 0 Å². The molecule has 1 heteroatoms. The summed E-state index contributed by atoms with van der Waals surface area (Å²) in [5, 5.41) is 7.60. The highest BCUT2D eigenvalue weighted by Gasteiger charge is 2.37. The summed E-state index contributed by atoms with van der Waals surface area (Å²) >= 11 is 0. The van der Waals surface area contributed by atoms with Crippen molar-refractivity contribution in [2.45, 2.75) is 19.3 Å². The molecule has 1 nitrogen and oxygen atoms in total. The molecule has 0 bridgehead atoms. The molecule has 308 valence electrons. The Hall–Kier alpha value is -8.26. The van der Waals surface area contributed by atoms with Crippen molar-refractivity contribution in [1.29, 1.82) is 0 Å². The monoisotopic (exact) mass is 837 g/mol. The van der Waals surface area contributed by atoms with Crippen molar-refractivity contribution in [3.05, 3.63) is 236 Å². The van der Waals surface area contributed by atoms with Gasteiger partial charge in [-0.15, -0.1) is 0 Å². The van der Waals surface area contributed by atoms with Crippen LogP contribution in [0.15, 0.2) is 224 Å². The zero-order valence-corrected chi connectivity index (χ0v) is 36.8. The van der Waals surface area contributed by atoms with E-state index in [-0.39, 0.29) is 5.41 Å². The van der Waals surface area contributed by atoms with E-state index in [1.165, 1.54) is 132 Å². The average molecular weight is 838 g/mol. The Balaban J connectivity index is 0.993. The van der Waals surface area contributed by atoms with Crippen molar-refractivity contribution >= 4 is 43.4 Å². The minimum absolute atomic E-state index is 0.0720. The lowest BCUT2D eigenvalue weighted by Gasteiger charge is -2.24. The molecule has 0 saturated heterocycles. The van der Waals surface area contributed by atoms with Crippen molar-refractivity contribution in [3.8, 4) is 83.6 Å². The van der Waals surface area contributed by atoms with E-state index in [0.717, 1.165) is 5.69 Å². The van der Waals surface area contributed by atoms with Crippen LogP contribution in [0.5, 0.6) is 0 Å². The second-order valence-electron chi connectivity index (χ2n) is 18.7. The molecule has 1 heterocycles. The zero-order valence-electron chi connectivity index (χ0n) is 36.8. The lowest BCUT2D eigenvalue weighted by molar-refractivity contribution is 0.661. The fraction of sp³-hybridized carbons (Fsp3) is 0.0462. The van der Waals surface area contributed by atoms with Crippen LogP contribution in [-0.4, -0.2) is 4.57 Å². The predicted molar refractivity (Wildman–Crippen MR) is 280 cm³/mol. The van der Waals surface area contributed by atoms with Crippen molar-refractivity contribution in [3.63, 3.8) is 0 Å². The Morgan fingerprint density at radius 2 is 0.742 bits per heavy atom. The normalized spacial score (nSPS) is 13.1. The van der Waals surface area contributed by atoms with Crippen molar-refractivity contribution in [2.75, 3.05) is 0 Å². The summed E-state index contributed by atoms with van der Waals surface area (Å²) in [6.07, 6.45) is 0. The third-order valence-corrected chi connectivity index (χ3v) is 15.0. The molecule has 0 saturated carbocycles. The number of rotatable bonds is 3. The molecule has 14 rings (SSSR count). The molecule has 12 aromatic rings. The molecule has 2 aliphatic rings. The van der Waals surface area contributed by atoms with Crippen LogP contribution in [0.4, 0.5) is 0 Å². The van der Waals surface area contributed by atoms with Gasteiger partial charge in [-0.05, 0) is 141 Å². The molecular weight excluding hydrogens is 795 g/mol. The van der Waals surface area contributed by atoms with Gasteiger partial charge in [-0.1, -0.05) is 208 Å². The van der Waals surface area contributed by atoms with E-state index in [2.05, 4.69) is 243 Å². The maximum Gasteiger partial charge on any atom is 0.0547 e. The van der Waals surface area contributed by atoms with Gasteiger partial charge >= 0.3 is 0 Å². The van der Waals surface area contributed by atoms with Crippen molar-refractivity contribution in [1.82, 2.24) is 4.57 Å². The fourth-order valence-corrected chi connectivity index (χ4v) is 12.1. The first-order chi connectivity index (χ1) is 32.5. The van der Waals surface area contributed by atoms with Gasteiger partial charge in [-0.3, -0.25) is 0 Å². The van der Waals surface area contributed by atoms with E-state index in [4.69, 9.17) is 0 Å². The highest BCUT2D eigenvalue weighted by molar-refractivity contribution is 6.22. The second-order valence-corrected chi connectivity index (χ2v) is 18.7. The van der Waals surface area contributed by atoms with Gasteiger partial charge in [0.2, 0.25) is 0 Å². The summed E-state index contributed by atoms with van der Waals surface area (Å²) in [4.78, 5) is 0. The molecular formula is C65H43N. The number of aromatic nitrogens is 1. The SMILES string of the molecule is CC1(C)c2ccccc2-c2c1ccc1c2c2ccccc2n1-c1cccc(-c2c3ccccc3c(-c3ccc4c(c3)-c3ccccc3-c3ccccc3-c3ccccc3-4)c3ccccc23)c1. The van der Waals surface area contributed by atoms with E-state index in [0.29, 0.717) is 0 Å². The fourth-order valence-electron chi connectivity index (χ4n) is 12.1. The van der Waals surface area contributed by atoms with Gasteiger partial charge in [0, 0.05) is 21.9 Å². The lowest BCUT2D eigenvalue weighted by Crippen LogP contribution is -2.14. The smallest absolute Gasteiger partial charge is 0.0547 e. The van der Waals surface area contributed by atoms with E-state index in [1.54, 1.807) is 0 Å². The third-order valence-electron chi connectivity index (χ3n) is 15.0. The van der Waals surface area contributed by atoms with Crippen LogP contribution in [0.1, 0.15) is 25.0 Å². The highest BCUT2D eigenvalue weighted by atomic mass is 15.0. The lowest BCUT2D eigenvalue weighted by atomic mass is 9.79. The van der Waals surface area contributed by atoms with Crippen LogP contribution in [0.25, 0.3) is 127 Å². The van der Waals surface area contributed by atoms with E-state index in [1.807, 2.05) is 0 Å². The van der Waals surface area contributed by atoms with Gasteiger partial charge in [0.15, 0.2) is 0 Å². The molecule has 0 radical (unpaired) electrons. The van der Waals surface area contributed by atoms with Gasteiger partial charge in [0.05, 0.1) is 11.0 Å². The number of fused-ring (bicyclic) bond motifs is 17. The largest absolute Gasteiger partial charge is 0.309 e. The molecule has 2 aliphatic carbocycles. The first-order valence-electron chi connectivity index (χ1n) is 23.2. The predicted octanol–water partition coefficient (Wildman–Crippen LogP) is 17.7. The minimum atomic E-state index is -0.0720. The van der Waals surface area contributed by atoms with E-state index < -0.39 is 0 Å². The Morgan fingerprint density at radius 3 is 1.32 bits per heavy atom. The number of nitrogens with zero attached hydrogens (tertiary/aromatic N) is 1. The zero-order chi connectivity index (χ0) is 43.7. The topological polar surface area (TPSA) is 4.93 Å². The van der Waals surface area contributed by atoms with Crippen LogP contribution in [0, 0.1) is 0 Å². The second kappa shape index (κ2) is 13.9. The Bertz CT molecular complexity index is 3960. The molecule has 1 aromatic heterocycles.